The summed E-state index contributed by atoms with van der Waals surface area (Å²) in [4.78, 5) is 29.4. The van der Waals surface area contributed by atoms with E-state index >= 15 is 0 Å². The SMILES string of the molecule is O=C1/C(=C/c2cccc(Br)c2)CN(c2ccccc2)C(=O)N1Cc1ccccc1. The summed E-state index contributed by atoms with van der Waals surface area (Å²) < 4.78 is 0.937. The average molecular weight is 447 g/mol. The molecule has 0 saturated carbocycles. The van der Waals surface area contributed by atoms with E-state index in [2.05, 4.69) is 15.9 Å². The van der Waals surface area contributed by atoms with Crippen molar-refractivity contribution in [3.8, 4) is 0 Å². The van der Waals surface area contributed by atoms with Crippen molar-refractivity contribution in [1.29, 1.82) is 0 Å². The number of nitrogens with zero attached hydrogens (tertiary/aromatic N) is 2. The molecule has 3 aromatic rings. The Morgan fingerprint density at radius 2 is 1.55 bits per heavy atom. The molecule has 4 rings (SSSR count). The van der Waals surface area contributed by atoms with Gasteiger partial charge in [-0.2, -0.15) is 0 Å². The van der Waals surface area contributed by atoms with Gasteiger partial charge in [-0.1, -0.05) is 76.6 Å². The molecule has 0 bridgehead atoms. The van der Waals surface area contributed by atoms with Gasteiger partial charge in [0.05, 0.1) is 13.1 Å². The molecule has 1 fully saturated rings. The van der Waals surface area contributed by atoms with Crippen LogP contribution in [0.3, 0.4) is 0 Å². The van der Waals surface area contributed by atoms with Gasteiger partial charge in [-0.05, 0) is 41.5 Å². The van der Waals surface area contributed by atoms with Gasteiger partial charge in [-0.15, -0.1) is 0 Å². The van der Waals surface area contributed by atoms with Crippen LogP contribution >= 0.6 is 15.9 Å². The fourth-order valence-corrected chi connectivity index (χ4v) is 3.75. The van der Waals surface area contributed by atoms with Crippen LogP contribution in [0.4, 0.5) is 10.5 Å². The van der Waals surface area contributed by atoms with Gasteiger partial charge in [-0.25, -0.2) is 4.79 Å². The molecule has 0 radical (unpaired) electrons. The van der Waals surface area contributed by atoms with Crippen LogP contribution in [0, 0.1) is 0 Å². The van der Waals surface area contributed by atoms with Crippen LogP contribution in [0.1, 0.15) is 11.1 Å². The van der Waals surface area contributed by atoms with Crippen LogP contribution in [-0.2, 0) is 11.3 Å². The van der Waals surface area contributed by atoms with Crippen LogP contribution in [-0.4, -0.2) is 23.4 Å². The molecule has 0 unspecified atom stereocenters. The first-order valence-electron chi connectivity index (χ1n) is 9.30. The highest BCUT2D eigenvalue weighted by Gasteiger charge is 2.36. The number of para-hydroxylation sites is 1. The number of rotatable bonds is 4. The number of hydrogen-bond acceptors (Lipinski definition) is 2. The highest BCUT2D eigenvalue weighted by molar-refractivity contribution is 9.10. The predicted octanol–water partition coefficient (Wildman–Crippen LogP) is 5.50. The smallest absolute Gasteiger partial charge is 0.289 e. The fourth-order valence-electron chi connectivity index (χ4n) is 3.33. The zero-order valence-electron chi connectivity index (χ0n) is 15.7. The van der Waals surface area contributed by atoms with Crippen LogP contribution in [0.5, 0.6) is 0 Å². The van der Waals surface area contributed by atoms with Gasteiger partial charge in [0.1, 0.15) is 0 Å². The summed E-state index contributed by atoms with van der Waals surface area (Å²) in [5.74, 6) is -0.258. The van der Waals surface area contributed by atoms with Gasteiger partial charge in [-0.3, -0.25) is 14.6 Å². The maximum atomic E-state index is 13.2. The number of carbonyl (C=O) groups excluding carboxylic acids is 2. The van der Waals surface area contributed by atoms with E-state index in [9.17, 15) is 9.59 Å². The summed E-state index contributed by atoms with van der Waals surface area (Å²) in [7, 11) is 0. The minimum absolute atomic E-state index is 0.234. The van der Waals surface area contributed by atoms with Gasteiger partial charge in [0.2, 0.25) is 0 Å². The molecule has 29 heavy (non-hydrogen) atoms. The second-order valence-corrected chi connectivity index (χ2v) is 7.72. The van der Waals surface area contributed by atoms with E-state index in [0.29, 0.717) is 5.57 Å². The summed E-state index contributed by atoms with van der Waals surface area (Å²) in [5.41, 5.74) is 3.15. The lowest BCUT2D eigenvalue weighted by atomic mass is 10.1. The average Bonchev–Trinajstić information content (AvgIpc) is 2.74. The molecule has 1 aliphatic rings. The Labute approximate surface area is 178 Å². The molecule has 1 saturated heterocycles. The molecule has 144 valence electrons. The van der Waals surface area contributed by atoms with Crippen molar-refractivity contribution in [2.45, 2.75) is 6.54 Å². The Bertz CT molecular complexity index is 1060. The topological polar surface area (TPSA) is 40.6 Å². The number of urea groups is 1. The quantitative estimate of drug-likeness (QED) is 0.496. The third-order valence-electron chi connectivity index (χ3n) is 4.75. The lowest BCUT2D eigenvalue weighted by Gasteiger charge is -2.35. The summed E-state index contributed by atoms with van der Waals surface area (Å²) in [6, 6.07) is 26.4. The number of halogens is 1. The van der Waals surface area contributed by atoms with Crippen molar-refractivity contribution in [2.75, 3.05) is 11.4 Å². The van der Waals surface area contributed by atoms with E-state index in [1.807, 2.05) is 91.0 Å². The number of amides is 3. The Hall–Kier alpha value is -3.18. The molecule has 1 aliphatic heterocycles. The lowest BCUT2D eigenvalue weighted by molar-refractivity contribution is -0.125. The molecule has 0 N–H and O–H groups in total. The number of benzene rings is 3. The molecule has 4 nitrogen and oxygen atoms in total. The van der Waals surface area contributed by atoms with Crippen molar-refractivity contribution in [2.24, 2.45) is 0 Å². The maximum Gasteiger partial charge on any atom is 0.332 e. The third kappa shape index (κ3) is 4.30. The Kier molecular flexibility index (Phi) is 5.58. The van der Waals surface area contributed by atoms with Gasteiger partial charge >= 0.3 is 6.03 Å². The Balaban J connectivity index is 1.73. The van der Waals surface area contributed by atoms with Crippen LogP contribution in [0.15, 0.2) is 95.0 Å². The number of carbonyl (C=O) groups is 2. The minimum Gasteiger partial charge on any atom is -0.289 e. The lowest BCUT2D eigenvalue weighted by Crippen LogP contribution is -2.53. The Morgan fingerprint density at radius 3 is 2.24 bits per heavy atom. The highest BCUT2D eigenvalue weighted by Crippen LogP contribution is 2.26. The number of hydrogen-bond donors (Lipinski definition) is 0. The van der Waals surface area contributed by atoms with Gasteiger partial charge in [0.15, 0.2) is 0 Å². The molecular formula is C24H19BrN2O2. The van der Waals surface area contributed by atoms with Gasteiger partial charge in [0.25, 0.3) is 5.91 Å². The second-order valence-electron chi connectivity index (χ2n) is 6.81. The molecule has 1 heterocycles. The van der Waals surface area contributed by atoms with E-state index in [0.717, 1.165) is 21.3 Å². The molecule has 3 aromatic carbocycles. The zero-order valence-corrected chi connectivity index (χ0v) is 17.2. The molecule has 5 heteroatoms. The van der Waals surface area contributed by atoms with E-state index < -0.39 is 0 Å². The largest absolute Gasteiger partial charge is 0.332 e. The Morgan fingerprint density at radius 1 is 0.862 bits per heavy atom. The van der Waals surface area contributed by atoms with Crippen LogP contribution < -0.4 is 4.90 Å². The first-order chi connectivity index (χ1) is 14.1. The molecule has 0 aromatic heterocycles. The summed E-state index contributed by atoms with van der Waals surface area (Å²) in [6.45, 7) is 0.469. The normalized spacial score (nSPS) is 15.8. The third-order valence-corrected chi connectivity index (χ3v) is 5.24. The van der Waals surface area contributed by atoms with Crippen molar-refractivity contribution in [3.63, 3.8) is 0 Å². The van der Waals surface area contributed by atoms with Crippen molar-refractivity contribution >= 4 is 39.6 Å². The maximum absolute atomic E-state index is 13.2. The second kappa shape index (κ2) is 8.45. The molecule has 0 aliphatic carbocycles. The number of imide groups is 1. The van der Waals surface area contributed by atoms with Gasteiger partial charge in [0, 0.05) is 15.7 Å². The van der Waals surface area contributed by atoms with Crippen LogP contribution in [0.25, 0.3) is 6.08 Å². The predicted molar refractivity (Wildman–Crippen MR) is 118 cm³/mol. The van der Waals surface area contributed by atoms with E-state index in [4.69, 9.17) is 0 Å². The van der Waals surface area contributed by atoms with Crippen molar-refractivity contribution in [3.05, 3.63) is 106 Å². The first kappa shape index (κ1) is 19.2. The zero-order chi connectivity index (χ0) is 20.2. The molecule has 0 spiro atoms. The molecule has 0 atom stereocenters. The molecular weight excluding hydrogens is 428 g/mol. The number of anilines is 1. The van der Waals surface area contributed by atoms with Crippen molar-refractivity contribution in [1.82, 2.24) is 4.90 Å². The first-order valence-corrected chi connectivity index (χ1v) is 10.1. The monoisotopic (exact) mass is 446 g/mol. The van der Waals surface area contributed by atoms with Gasteiger partial charge < -0.3 is 0 Å². The standard InChI is InChI=1S/C24H19BrN2O2/c25-21-11-7-10-19(15-21)14-20-17-26(22-12-5-2-6-13-22)24(29)27(23(20)28)16-18-8-3-1-4-9-18/h1-15H,16-17H2/b20-14+. The minimum atomic E-state index is -0.309. The fraction of sp³-hybridized carbons (Fsp3) is 0.0833. The molecule has 3 amide bonds. The highest BCUT2D eigenvalue weighted by atomic mass is 79.9. The van der Waals surface area contributed by atoms with Crippen LogP contribution in [0.2, 0.25) is 0 Å². The van der Waals surface area contributed by atoms with E-state index in [1.54, 1.807) is 4.90 Å². The summed E-state index contributed by atoms with van der Waals surface area (Å²) in [5, 5.41) is 0. The van der Waals surface area contributed by atoms with E-state index in [-0.39, 0.29) is 25.0 Å². The van der Waals surface area contributed by atoms with Crippen molar-refractivity contribution < 1.29 is 9.59 Å². The van der Waals surface area contributed by atoms with E-state index in [1.165, 1.54) is 4.90 Å². The summed E-state index contributed by atoms with van der Waals surface area (Å²) >= 11 is 3.47. The summed E-state index contributed by atoms with van der Waals surface area (Å²) in [6.07, 6.45) is 1.85.